The van der Waals surface area contributed by atoms with Crippen molar-refractivity contribution in [3.8, 4) is 0 Å². The van der Waals surface area contributed by atoms with E-state index in [0.29, 0.717) is 11.3 Å². The van der Waals surface area contributed by atoms with Crippen molar-refractivity contribution < 1.29 is 12.8 Å². The highest BCUT2D eigenvalue weighted by atomic mass is 32.2. The number of fused-ring (bicyclic) bond motifs is 3. The second-order valence-corrected chi connectivity index (χ2v) is 9.85. The molecular weight excluding hydrogens is 411 g/mol. The molecule has 0 saturated carbocycles. The van der Waals surface area contributed by atoms with E-state index >= 15 is 0 Å². The summed E-state index contributed by atoms with van der Waals surface area (Å²) in [6, 6.07) is 19.1. The molecule has 0 aromatic heterocycles. The Bertz CT molecular complexity index is 1290. The first-order valence-corrected chi connectivity index (χ1v) is 11.8. The van der Waals surface area contributed by atoms with Crippen molar-refractivity contribution in [2.75, 3.05) is 10.0 Å². The van der Waals surface area contributed by atoms with E-state index in [1.807, 2.05) is 31.2 Å². The van der Waals surface area contributed by atoms with Crippen molar-refractivity contribution in [2.45, 2.75) is 30.2 Å². The fourth-order valence-corrected chi connectivity index (χ4v) is 5.83. The zero-order valence-corrected chi connectivity index (χ0v) is 17.9. The summed E-state index contributed by atoms with van der Waals surface area (Å²) in [6.45, 7) is 1.87. The Morgan fingerprint density at radius 3 is 2.58 bits per heavy atom. The highest BCUT2D eigenvalue weighted by molar-refractivity contribution is 7.92. The third-order valence-corrected chi connectivity index (χ3v) is 7.64. The zero-order chi connectivity index (χ0) is 21.6. The lowest BCUT2D eigenvalue weighted by Gasteiger charge is -2.37. The summed E-state index contributed by atoms with van der Waals surface area (Å²) >= 11 is 0. The number of benzene rings is 3. The highest BCUT2D eigenvalue weighted by Crippen LogP contribution is 2.50. The Balaban J connectivity index is 1.52. The van der Waals surface area contributed by atoms with Gasteiger partial charge in [0.25, 0.3) is 10.0 Å². The number of allylic oxidation sites excluding steroid dienone is 2. The SMILES string of the molecule is Cc1ccccc1NS(=O)(=O)c1ccc2c(c1)[C@H]1C=CC[C@H]1[C@@H](c1ccccc1F)N2. The van der Waals surface area contributed by atoms with Gasteiger partial charge in [0.1, 0.15) is 5.82 Å². The van der Waals surface area contributed by atoms with Crippen molar-refractivity contribution in [3.05, 3.63) is 101 Å². The van der Waals surface area contributed by atoms with Gasteiger partial charge < -0.3 is 5.32 Å². The monoisotopic (exact) mass is 434 g/mol. The number of anilines is 2. The van der Waals surface area contributed by atoms with Gasteiger partial charge in [0.2, 0.25) is 0 Å². The van der Waals surface area contributed by atoms with Crippen molar-refractivity contribution in [1.29, 1.82) is 0 Å². The topological polar surface area (TPSA) is 58.2 Å². The molecule has 0 amide bonds. The zero-order valence-electron chi connectivity index (χ0n) is 17.0. The Morgan fingerprint density at radius 2 is 1.77 bits per heavy atom. The van der Waals surface area contributed by atoms with Gasteiger partial charge in [-0.25, -0.2) is 12.8 Å². The summed E-state index contributed by atoms with van der Waals surface area (Å²) in [6.07, 6.45) is 5.03. The van der Waals surface area contributed by atoms with Crippen LogP contribution in [0.2, 0.25) is 0 Å². The van der Waals surface area contributed by atoms with Crippen LogP contribution in [0.4, 0.5) is 15.8 Å². The highest BCUT2D eigenvalue weighted by Gasteiger charge is 2.39. The van der Waals surface area contributed by atoms with E-state index in [1.165, 1.54) is 6.07 Å². The molecule has 0 saturated heterocycles. The Kier molecular flexibility index (Phi) is 4.82. The maximum Gasteiger partial charge on any atom is 0.261 e. The molecular formula is C25H23FN2O2S. The van der Waals surface area contributed by atoms with Crippen LogP contribution >= 0.6 is 0 Å². The van der Waals surface area contributed by atoms with Gasteiger partial charge in [0.05, 0.1) is 16.6 Å². The first kappa shape index (κ1) is 19.8. The number of nitrogens with one attached hydrogen (secondary N) is 2. The number of halogens is 1. The van der Waals surface area contributed by atoms with Crippen molar-refractivity contribution in [3.63, 3.8) is 0 Å². The molecule has 0 fully saturated rings. The molecule has 0 spiro atoms. The number of rotatable bonds is 4. The fourth-order valence-electron chi connectivity index (χ4n) is 4.67. The quantitative estimate of drug-likeness (QED) is 0.513. The molecule has 4 nitrogen and oxygen atoms in total. The van der Waals surface area contributed by atoms with Crippen LogP contribution < -0.4 is 10.0 Å². The van der Waals surface area contributed by atoms with Crippen LogP contribution in [0.25, 0.3) is 0 Å². The van der Waals surface area contributed by atoms with Crippen LogP contribution in [0.1, 0.15) is 35.1 Å². The van der Waals surface area contributed by atoms with Gasteiger partial charge in [-0.2, -0.15) is 0 Å². The minimum atomic E-state index is -3.73. The predicted octanol–water partition coefficient (Wildman–Crippen LogP) is 5.76. The number of aryl methyl sites for hydroxylation is 1. The van der Waals surface area contributed by atoms with Crippen LogP contribution in [0.3, 0.4) is 0 Å². The van der Waals surface area contributed by atoms with Crippen molar-refractivity contribution in [2.24, 2.45) is 5.92 Å². The maximum atomic E-state index is 14.5. The Hall–Kier alpha value is -3.12. The lowest BCUT2D eigenvalue weighted by Crippen LogP contribution is -2.30. The van der Waals surface area contributed by atoms with Crippen LogP contribution in [-0.4, -0.2) is 8.42 Å². The van der Waals surface area contributed by atoms with Crippen molar-refractivity contribution >= 4 is 21.4 Å². The first-order valence-electron chi connectivity index (χ1n) is 10.3. The molecule has 1 aliphatic heterocycles. The third kappa shape index (κ3) is 3.51. The van der Waals surface area contributed by atoms with E-state index in [9.17, 15) is 12.8 Å². The minimum absolute atomic E-state index is 0.0365. The molecule has 1 heterocycles. The molecule has 2 N–H and O–H groups in total. The normalized spacial score (nSPS) is 21.8. The van der Waals surface area contributed by atoms with Gasteiger partial charge in [0, 0.05) is 17.2 Å². The van der Waals surface area contributed by atoms with Gasteiger partial charge >= 0.3 is 0 Å². The van der Waals surface area contributed by atoms with Crippen LogP contribution in [-0.2, 0) is 10.0 Å². The maximum absolute atomic E-state index is 14.5. The Morgan fingerprint density at radius 1 is 1.00 bits per heavy atom. The van der Waals surface area contributed by atoms with Gasteiger partial charge in [0.15, 0.2) is 0 Å². The summed E-state index contributed by atoms with van der Waals surface area (Å²) in [5.74, 6) is -0.0584. The largest absolute Gasteiger partial charge is 0.378 e. The van der Waals surface area contributed by atoms with E-state index in [0.717, 1.165) is 23.2 Å². The summed E-state index contributed by atoms with van der Waals surface area (Å²) in [4.78, 5) is 0.222. The van der Waals surface area contributed by atoms with E-state index in [2.05, 4.69) is 22.2 Å². The average Bonchev–Trinajstić information content (AvgIpc) is 3.25. The third-order valence-electron chi connectivity index (χ3n) is 6.27. The van der Waals surface area contributed by atoms with E-state index < -0.39 is 10.0 Å². The molecule has 0 bridgehead atoms. The van der Waals surface area contributed by atoms with E-state index in [4.69, 9.17) is 0 Å². The molecule has 3 aromatic carbocycles. The minimum Gasteiger partial charge on any atom is -0.378 e. The number of hydrogen-bond acceptors (Lipinski definition) is 3. The van der Waals surface area contributed by atoms with Gasteiger partial charge in [-0.15, -0.1) is 0 Å². The average molecular weight is 435 g/mol. The van der Waals surface area contributed by atoms with E-state index in [-0.39, 0.29) is 28.6 Å². The summed E-state index contributed by atoms with van der Waals surface area (Å²) in [7, 11) is -3.73. The van der Waals surface area contributed by atoms with Gasteiger partial charge in [-0.3, -0.25) is 4.72 Å². The lowest BCUT2D eigenvalue weighted by molar-refractivity contribution is 0.413. The standard InChI is InChI=1S/C25H23FN2O2S/c1-16-7-2-5-12-23(16)28-31(29,30)17-13-14-24-21(15-17)18-9-6-10-19(18)25(27-24)20-8-3-4-11-22(20)26/h2-9,11-15,18-19,25,27-28H,10H2,1H3/t18-,19+,25-/m0/s1. The van der Waals surface area contributed by atoms with Gasteiger partial charge in [-0.05, 0) is 60.7 Å². The lowest BCUT2D eigenvalue weighted by atomic mass is 9.77. The Labute approximate surface area is 181 Å². The molecule has 0 radical (unpaired) electrons. The fraction of sp³-hybridized carbons (Fsp3) is 0.200. The number of para-hydroxylation sites is 1. The van der Waals surface area contributed by atoms with Crippen LogP contribution in [0.15, 0.2) is 83.8 Å². The second-order valence-electron chi connectivity index (χ2n) is 8.17. The predicted molar refractivity (Wildman–Crippen MR) is 121 cm³/mol. The van der Waals surface area contributed by atoms with Crippen molar-refractivity contribution in [1.82, 2.24) is 0 Å². The van der Waals surface area contributed by atoms with Crippen LogP contribution in [0, 0.1) is 18.7 Å². The summed E-state index contributed by atoms with van der Waals surface area (Å²) < 4.78 is 43.3. The van der Waals surface area contributed by atoms with Gasteiger partial charge in [-0.1, -0.05) is 48.6 Å². The van der Waals surface area contributed by atoms with E-state index in [1.54, 1.807) is 36.4 Å². The molecule has 31 heavy (non-hydrogen) atoms. The molecule has 3 atom stereocenters. The number of hydrogen-bond donors (Lipinski definition) is 2. The molecule has 158 valence electrons. The molecule has 5 rings (SSSR count). The first-order chi connectivity index (χ1) is 14.9. The molecule has 0 unspecified atom stereocenters. The molecule has 2 aliphatic rings. The summed E-state index contributed by atoms with van der Waals surface area (Å²) in [5, 5.41) is 3.47. The molecule has 1 aliphatic carbocycles. The number of sulfonamides is 1. The second kappa shape index (κ2) is 7.54. The molecule has 3 aromatic rings. The summed E-state index contributed by atoms with van der Waals surface area (Å²) in [5.41, 5.74) is 3.84. The molecule has 6 heteroatoms. The van der Waals surface area contributed by atoms with Crippen LogP contribution in [0.5, 0.6) is 0 Å². The smallest absolute Gasteiger partial charge is 0.261 e.